The van der Waals surface area contributed by atoms with Crippen molar-refractivity contribution in [2.75, 3.05) is 0 Å². The smallest absolute Gasteiger partial charge is 0.0239 e. The molecule has 0 aromatic rings. The maximum Gasteiger partial charge on any atom is 0.0239 e. The third-order valence-electron chi connectivity index (χ3n) is 3.60. The van der Waals surface area contributed by atoms with Crippen molar-refractivity contribution >= 4 is 0 Å². The van der Waals surface area contributed by atoms with Gasteiger partial charge in [0.25, 0.3) is 0 Å². The third kappa shape index (κ3) is 0.816. The molecule has 2 saturated carbocycles. The van der Waals surface area contributed by atoms with E-state index >= 15 is 0 Å². The lowest BCUT2D eigenvalue weighted by Crippen LogP contribution is -2.38. The molecule has 2 fully saturated rings. The largest absolute Gasteiger partial charge is 0.0793 e. The van der Waals surface area contributed by atoms with Gasteiger partial charge in [-0.05, 0) is 49.4 Å². The van der Waals surface area contributed by atoms with Gasteiger partial charge in [0.1, 0.15) is 0 Å². The summed E-state index contributed by atoms with van der Waals surface area (Å²) in [5.74, 6) is 1.65. The quantitative estimate of drug-likeness (QED) is 0.465. The fraction of sp³-hybridized carbons (Fsp3) is 0.818. The fourth-order valence-corrected chi connectivity index (χ4v) is 3.57. The molecule has 4 aliphatic rings. The van der Waals surface area contributed by atoms with Gasteiger partial charge in [-0.2, -0.15) is 0 Å². The van der Waals surface area contributed by atoms with Gasteiger partial charge in [-0.25, -0.2) is 0 Å². The van der Waals surface area contributed by atoms with E-state index in [2.05, 4.69) is 6.08 Å². The minimum absolute atomic E-state index is 0.0284. The van der Waals surface area contributed by atoms with E-state index in [1.807, 2.05) is 0 Å². The summed E-state index contributed by atoms with van der Waals surface area (Å²) in [5.41, 5.74) is 1.54. The van der Waals surface area contributed by atoms with Crippen LogP contribution >= 0.6 is 0 Å². The molecule has 1 unspecified atom stereocenters. The van der Waals surface area contributed by atoms with Crippen LogP contribution in [-0.2, 0) is 0 Å². The van der Waals surface area contributed by atoms with Crippen molar-refractivity contribution in [2.24, 2.45) is 17.3 Å². The van der Waals surface area contributed by atoms with Crippen LogP contribution in [0.2, 0.25) is 0 Å². The zero-order valence-corrected chi connectivity index (χ0v) is 6.84. The first kappa shape index (κ1) is 4.69. The highest BCUT2D eigenvalue weighted by atomic mass is 14.5. The van der Waals surface area contributed by atoms with Crippen LogP contribution in [-0.4, -0.2) is 0 Å². The topological polar surface area (TPSA) is 0 Å². The van der Waals surface area contributed by atoms with E-state index in [0.717, 1.165) is 24.7 Å². The van der Waals surface area contributed by atoms with E-state index < -0.39 is 6.88 Å². The van der Waals surface area contributed by atoms with Crippen molar-refractivity contribution in [1.82, 2.24) is 0 Å². The molecule has 0 saturated heterocycles. The highest BCUT2D eigenvalue weighted by Gasteiger charge is 2.43. The molecule has 0 radical (unpaired) electrons. The van der Waals surface area contributed by atoms with Crippen LogP contribution in [0.1, 0.15) is 41.7 Å². The predicted molar refractivity (Wildman–Crippen MR) is 46.3 cm³/mol. The van der Waals surface area contributed by atoms with Crippen molar-refractivity contribution in [2.45, 2.75) is 39.0 Å². The number of rotatable bonds is 0. The highest BCUT2D eigenvalue weighted by molar-refractivity contribution is 5.22. The maximum atomic E-state index is 7.68. The Bertz CT molecular complexity index is 251. The molecular weight excluding hydrogens is 132 g/mol. The van der Waals surface area contributed by atoms with E-state index in [4.69, 9.17) is 2.74 Å². The molecule has 4 bridgehead atoms. The van der Waals surface area contributed by atoms with Crippen LogP contribution < -0.4 is 0 Å². The summed E-state index contributed by atoms with van der Waals surface area (Å²) in [6, 6.07) is 0. The van der Waals surface area contributed by atoms with Crippen LogP contribution in [0.25, 0.3) is 0 Å². The summed E-state index contributed by atoms with van der Waals surface area (Å²) in [6.45, 7) is -0.631. The summed E-state index contributed by atoms with van der Waals surface area (Å²) in [6.07, 6.45) is 8.50. The lowest BCUT2D eigenvalue weighted by Gasteiger charge is -2.50. The summed E-state index contributed by atoms with van der Waals surface area (Å²) >= 11 is 0. The molecular formula is C11H16. The van der Waals surface area contributed by atoms with Gasteiger partial charge in [0.2, 0.25) is 0 Å². The van der Waals surface area contributed by atoms with E-state index in [9.17, 15) is 0 Å². The monoisotopic (exact) mass is 150 g/mol. The van der Waals surface area contributed by atoms with E-state index in [-0.39, 0.29) is 5.41 Å². The Morgan fingerprint density at radius 1 is 1.45 bits per heavy atom. The highest BCUT2D eigenvalue weighted by Crippen LogP contribution is 2.56. The van der Waals surface area contributed by atoms with E-state index in [0.29, 0.717) is 0 Å². The van der Waals surface area contributed by atoms with Crippen molar-refractivity contribution < 1.29 is 2.74 Å². The van der Waals surface area contributed by atoms with Crippen molar-refractivity contribution in [1.29, 1.82) is 0 Å². The lowest BCUT2D eigenvalue weighted by molar-refractivity contribution is 0.101. The zero-order chi connectivity index (χ0) is 9.05. The molecule has 0 heterocycles. The van der Waals surface area contributed by atoms with Gasteiger partial charge in [-0.3, -0.25) is 0 Å². The Labute approximate surface area is 71.5 Å². The molecule has 4 rings (SSSR count). The number of hydrogen-bond acceptors (Lipinski definition) is 0. The molecule has 0 aromatic carbocycles. The van der Waals surface area contributed by atoms with Gasteiger partial charge in [-0.1, -0.05) is 18.5 Å². The van der Waals surface area contributed by atoms with Gasteiger partial charge >= 0.3 is 0 Å². The van der Waals surface area contributed by atoms with Crippen molar-refractivity contribution in [3.05, 3.63) is 11.6 Å². The summed E-state index contributed by atoms with van der Waals surface area (Å²) in [5, 5.41) is 0. The zero-order valence-electron chi connectivity index (χ0n) is 8.84. The predicted octanol–water partition coefficient (Wildman–Crippen LogP) is 3.14. The first-order chi connectivity index (χ1) is 6.18. The summed E-state index contributed by atoms with van der Waals surface area (Å²) in [7, 11) is 0. The lowest BCUT2D eigenvalue weighted by atomic mass is 9.55. The van der Waals surface area contributed by atoms with Gasteiger partial charge in [0.05, 0.1) is 0 Å². The Balaban J connectivity index is 2.03. The summed E-state index contributed by atoms with van der Waals surface area (Å²) < 4.78 is 15.4. The second kappa shape index (κ2) is 1.73. The number of allylic oxidation sites excluding steroid dienone is 2. The molecule has 0 nitrogen and oxygen atoms in total. The van der Waals surface area contributed by atoms with Gasteiger partial charge in [0, 0.05) is 2.74 Å². The average molecular weight is 150 g/mol. The first-order valence-electron chi connectivity index (χ1n) is 5.88. The Morgan fingerprint density at radius 3 is 2.73 bits per heavy atom. The normalized spacial score (nSPS) is 55.9. The van der Waals surface area contributed by atoms with E-state index in [1.54, 1.807) is 5.57 Å². The van der Waals surface area contributed by atoms with Crippen LogP contribution in [0.5, 0.6) is 0 Å². The summed E-state index contributed by atoms with van der Waals surface area (Å²) in [4.78, 5) is 0. The Morgan fingerprint density at radius 2 is 2.18 bits per heavy atom. The second-order valence-electron chi connectivity index (χ2n) is 4.82. The fourth-order valence-electron chi connectivity index (χ4n) is 3.57. The van der Waals surface area contributed by atoms with Crippen molar-refractivity contribution in [3.8, 4) is 0 Å². The van der Waals surface area contributed by atoms with Crippen LogP contribution in [0.4, 0.5) is 0 Å². The minimum Gasteiger partial charge on any atom is -0.0793 e. The molecule has 11 heavy (non-hydrogen) atoms. The molecule has 0 aliphatic heterocycles. The van der Waals surface area contributed by atoms with Gasteiger partial charge < -0.3 is 0 Å². The molecule has 60 valence electrons. The van der Waals surface area contributed by atoms with E-state index in [1.165, 1.54) is 19.3 Å². The SMILES string of the molecule is [2H]C([2H])C12C=C3C[C@H](C[C@H](C3)C1)C2. The third-order valence-corrected chi connectivity index (χ3v) is 3.60. The molecule has 0 heteroatoms. The van der Waals surface area contributed by atoms with Gasteiger partial charge in [0.15, 0.2) is 0 Å². The molecule has 4 aliphatic carbocycles. The molecule has 0 aromatic heterocycles. The standard InChI is InChI=1S/C11H16/c1-11-5-8-2-9(6-11)4-10(3-8)7-11/h5,9-10H,2-4,6-7H2,1H3/t9-,10+,11?/i1D2. The molecule has 0 N–H and O–H groups in total. The average Bonchev–Trinajstić information content (AvgIpc) is 2.00. The van der Waals surface area contributed by atoms with Crippen LogP contribution in [0, 0.1) is 17.3 Å². The van der Waals surface area contributed by atoms with Crippen molar-refractivity contribution in [3.63, 3.8) is 0 Å². The van der Waals surface area contributed by atoms with Crippen LogP contribution in [0.3, 0.4) is 0 Å². The van der Waals surface area contributed by atoms with Gasteiger partial charge in [-0.15, -0.1) is 0 Å². The first-order valence-corrected chi connectivity index (χ1v) is 4.73. The maximum absolute atomic E-state index is 7.68. The second-order valence-corrected chi connectivity index (χ2v) is 4.82. The molecule has 0 amide bonds. The van der Waals surface area contributed by atoms with Crippen LogP contribution in [0.15, 0.2) is 11.6 Å². The minimum atomic E-state index is -0.631. The molecule has 0 spiro atoms. The molecule has 3 atom stereocenters. The Hall–Kier alpha value is -0.260. The number of hydrogen-bond donors (Lipinski definition) is 0. The Kier molecular flexibility index (Phi) is 0.737.